The summed E-state index contributed by atoms with van der Waals surface area (Å²) in [5, 5.41) is 6.65. The second kappa shape index (κ2) is 4.84. The second-order valence-electron chi connectivity index (χ2n) is 5.32. The monoisotopic (exact) mass is 303 g/mol. The predicted octanol–water partition coefficient (Wildman–Crippen LogP) is 0.992. The van der Waals surface area contributed by atoms with Crippen LogP contribution in [0.25, 0.3) is 18.0 Å². The first-order valence-electron chi connectivity index (χ1n) is 7.17. The van der Waals surface area contributed by atoms with Gasteiger partial charge in [-0.1, -0.05) is 36.9 Å². The molecule has 0 unspecified atom stereocenters. The van der Waals surface area contributed by atoms with Crippen molar-refractivity contribution in [2.45, 2.75) is 0 Å². The Bertz CT molecular complexity index is 1090. The maximum absolute atomic E-state index is 12.8. The van der Waals surface area contributed by atoms with E-state index in [-0.39, 0.29) is 22.3 Å². The molecule has 0 aliphatic carbocycles. The number of hydrogen-bond donors (Lipinski definition) is 2. The van der Waals surface area contributed by atoms with Gasteiger partial charge in [-0.3, -0.25) is 14.7 Å². The largest absolute Gasteiger partial charge is 0.351 e. The maximum atomic E-state index is 12.8. The molecule has 0 saturated heterocycles. The van der Waals surface area contributed by atoms with Crippen molar-refractivity contribution < 1.29 is 4.79 Å². The van der Waals surface area contributed by atoms with Crippen LogP contribution in [0, 0.1) is 0 Å². The van der Waals surface area contributed by atoms with Crippen LogP contribution in [0.1, 0.15) is 10.4 Å². The van der Waals surface area contributed by atoms with Crippen molar-refractivity contribution in [3.8, 4) is 5.69 Å². The van der Waals surface area contributed by atoms with Gasteiger partial charge in [0.15, 0.2) is 0 Å². The van der Waals surface area contributed by atoms with Crippen molar-refractivity contribution >= 4 is 23.7 Å². The summed E-state index contributed by atoms with van der Waals surface area (Å²) in [5.41, 5.74) is 1.93. The molecule has 0 fully saturated rings. The Kier molecular flexibility index (Phi) is 2.81. The first-order valence-corrected chi connectivity index (χ1v) is 7.17. The zero-order chi connectivity index (χ0) is 16.0. The first-order chi connectivity index (χ1) is 11.2. The molecule has 23 heavy (non-hydrogen) atoms. The molecule has 1 aliphatic rings. The molecule has 5 nitrogen and oxygen atoms in total. The van der Waals surface area contributed by atoms with Gasteiger partial charge in [0.05, 0.1) is 16.3 Å². The third-order valence-corrected chi connectivity index (χ3v) is 3.89. The van der Waals surface area contributed by atoms with E-state index in [0.29, 0.717) is 22.3 Å². The Morgan fingerprint density at radius 2 is 1.61 bits per heavy atom. The van der Waals surface area contributed by atoms with Gasteiger partial charge in [-0.05, 0) is 24.3 Å². The molecule has 0 radical (unpaired) electrons. The van der Waals surface area contributed by atoms with Gasteiger partial charge in [0.2, 0.25) is 5.78 Å². The van der Waals surface area contributed by atoms with E-state index in [1.807, 2.05) is 42.5 Å². The second-order valence-corrected chi connectivity index (χ2v) is 5.32. The average Bonchev–Trinajstić information content (AvgIpc) is 3.05. The number of ketones is 1. The van der Waals surface area contributed by atoms with Crippen LogP contribution in [-0.4, -0.2) is 15.6 Å². The number of fused-ring (bicyclic) bond motifs is 1. The van der Waals surface area contributed by atoms with Crippen molar-refractivity contribution in [2.24, 2.45) is 0 Å². The van der Waals surface area contributed by atoms with Crippen molar-refractivity contribution in [2.75, 3.05) is 5.32 Å². The fourth-order valence-corrected chi connectivity index (χ4v) is 2.79. The molecule has 1 aliphatic heterocycles. The lowest BCUT2D eigenvalue weighted by molar-refractivity contribution is 0.105. The van der Waals surface area contributed by atoms with Crippen molar-refractivity contribution in [1.82, 2.24) is 9.78 Å². The van der Waals surface area contributed by atoms with Crippen LogP contribution in [0.15, 0.2) is 59.4 Å². The van der Waals surface area contributed by atoms with Crippen LogP contribution in [0.3, 0.4) is 0 Å². The van der Waals surface area contributed by atoms with E-state index in [2.05, 4.69) is 17.0 Å². The Morgan fingerprint density at radius 3 is 2.35 bits per heavy atom. The summed E-state index contributed by atoms with van der Waals surface area (Å²) >= 11 is 0. The quantitative estimate of drug-likeness (QED) is 0.704. The number of nitrogens with zero attached hydrogens (tertiary/aromatic N) is 1. The molecule has 0 spiro atoms. The summed E-state index contributed by atoms with van der Waals surface area (Å²) in [6.45, 7) is 3.88. The number of rotatable bonds is 1. The molecular weight excluding hydrogens is 290 g/mol. The van der Waals surface area contributed by atoms with E-state index in [4.69, 9.17) is 0 Å². The molecule has 4 rings (SSSR count). The number of anilines is 1. The molecular formula is C18H13N3O2. The lowest BCUT2D eigenvalue weighted by Gasteiger charge is -1.99. The van der Waals surface area contributed by atoms with Gasteiger partial charge in [-0.25, -0.2) is 4.68 Å². The van der Waals surface area contributed by atoms with Gasteiger partial charge >= 0.3 is 0 Å². The molecule has 0 bridgehead atoms. The molecule has 2 N–H and O–H groups in total. The Labute approximate surface area is 131 Å². The van der Waals surface area contributed by atoms with Crippen LogP contribution in [0.2, 0.25) is 0 Å². The number of para-hydroxylation sites is 2. The maximum Gasteiger partial charge on any atom is 0.281 e. The molecule has 1 aromatic heterocycles. The van der Waals surface area contributed by atoms with Gasteiger partial charge < -0.3 is 5.32 Å². The summed E-state index contributed by atoms with van der Waals surface area (Å²) in [4.78, 5) is 25.3. The highest BCUT2D eigenvalue weighted by Crippen LogP contribution is 2.26. The number of carbonyl (C=O) groups is 1. The molecule has 2 aromatic carbocycles. The number of benzene rings is 2. The van der Waals surface area contributed by atoms with Gasteiger partial charge in [0.25, 0.3) is 5.56 Å². The van der Waals surface area contributed by atoms with Gasteiger partial charge in [-0.2, -0.15) is 0 Å². The SMILES string of the molecule is C=c1[nH]n(-c2ccccc2)c(=O)c1=C1Nc2ccccc2C1=O. The molecule has 3 aromatic rings. The average molecular weight is 303 g/mol. The number of aromatic amines is 1. The van der Waals surface area contributed by atoms with Crippen LogP contribution < -0.4 is 21.4 Å². The van der Waals surface area contributed by atoms with Gasteiger partial charge in [0.1, 0.15) is 5.70 Å². The highest BCUT2D eigenvalue weighted by atomic mass is 16.1. The Morgan fingerprint density at radius 1 is 0.913 bits per heavy atom. The Hall–Kier alpha value is -3.34. The molecule has 0 amide bonds. The standard InChI is InChI=1S/C18H13N3O2/c1-11-15(16-17(22)13-9-5-6-10-14(13)19-16)18(23)21(20-11)12-7-3-2-4-8-12/h2-10,19-20H,1H2. The highest BCUT2D eigenvalue weighted by Gasteiger charge is 2.26. The normalized spacial score (nSPS) is 15.4. The third kappa shape index (κ3) is 1.94. The van der Waals surface area contributed by atoms with Crippen LogP contribution in [-0.2, 0) is 0 Å². The molecule has 0 saturated carbocycles. The molecule has 0 atom stereocenters. The molecule has 112 valence electrons. The highest BCUT2D eigenvalue weighted by molar-refractivity contribution is 6.33. The summed E-state index contributed by atoms with van der Waals surface area (Å²) < 4.78 is 1.39. The number of hydrogen-bond acceptors (Lipinski definition) is 3. The fourth-order valence-electron chi connectivity index (χ4n) is 2.79. The van der Waals surface area contributed by atoms with Gasteiger partial charge in [-0.15, -0.1) is 0 Å². The molecule has 5 heteroatoms. The summed E-state index contributed by atoms with van der Waals surface area (Å²) in [6, 6.07) is 16.4. The van der Waals surface area contributed by atoms with E-state index in [9.17, 15) is 9.59 Å². The van der Waals surface area contributed by atoms with Crippen molar-refractivity contribution in [1.29, 1.82) is 0 Å². The van der Waals surface area contributed by atoms with Crippen LogP contribution >= 0.6 is 0 Å². The third-order valence-electron chi connectivity index (χ3n) is 3.89. The number of aromatic nitrogens is 2. The smallest absolute Gasteiger partial charge is 0.281 e. The zero-order valence-electron chi connectivity index (χ0n) is 12.2. The number of H-pyrrole nitrogens is 1. The van der Waals surface area contributed by atoms with E-state index >= 15 is 0 Å². The lowest BCUT2D eigenvalue weighted by atomic mass is 10.1. The van der Waals surface area contributed by atoms with Crippen molar-refractivity contribution in [3.63, 3.8) is 0 Å². The summed E-state index contributed by atoms with van der Waals surface area (Å²) in [5.74, 6) is -0.193. The lowest BCUT2D eigenvalue weighted by Crippen LogP contribution is -2.38. The van der Waals surface area contributed by atoms with Gasteiger partial charge in [0, 0.05) is 11.3 Å². The topological polar surface area (TPSA) is 66.9 Å². The van der Waals surface area contributed by atoms with Crippen molar-refractivity contribution in [3.05, 3.63) is 81.1 Å². The zero-order valence-corrected chi connectivity index (χ0v) is 12.2. The van der Waals surface area contributed by atoms with E-state index < -0.39 is 0 Å². The van der Waals surface area contributed by atoms with E-state index in [1.165, 1.54) is 4.68 Å². The first kappa shape index (κ1) is 13.3. The van der Waals surface area contributed by atoms with E-state index in [1.54, 1.807) is 12.1 Å². The summed E-state index contributed by atoms with van der Waals surface area (Å²) in [6.07, 6.45) is 0. The minimum atomic E-state index is -0.301. The minimum absolute atomic E-state index is 0.193. The number of carbonyl (C=O) groups excluding carboxylic acids is 1. The van der Waals surface area contributed by atoms with Crippen LogP contribution in [0.4, 0.5) is 5.69 Å². The predicted molar refractivity (Wildman–Crippen MR) is 89.0 cm³/mol. The Balaban J connectivity index is 1.99. The minimum Gasteiger partial charge on any atom is -0.351 e. The summed E-state index contributed by atoms with van der Waals surface area (Å²) in [7, 11) is 0. The number of nitrogens with one attached hydrogen (secondary N) is 2. The number of Topliss-reactive ketones (excluding diaryl/α,β-unsaturated/α-hetero) is 1. The fraction of sp³-hybridized carbons (Fsp3) is 0. The molecule has 2 heterocycles. The van der Waals surface area contributed by atoms with E-state index in [0.717, 1.165) is 0 Å². The van der Waals surface area contributed by atoms with Crippen LogP contribution in [0.5, 0.6) is 0 Å².